The van der Waals surface area contributed by atoms with Gasteiger partial charge in [0.25, 0.3) is 0 Å². The molecule has 0 atom stereocenters. The maximum atomic E-state index is 0. The van der Waals surface area contributed by atoms with Crippen LogP contribution in [0.1, 0.15) is 0 Å². The summed E-state index contributed by atoms with van der Waals surface area (Å²) in [6.45, 7) is 0. The van der Waals surface area contributed by atoms with Gasteiger partial charge in [0.2, 0.25) is 0 Å². The van der Waals surface area contributed by atoms with Crippen LogP contribution in [0.3, 0.4) is 0 Å². The second-order valence-corrected chi connectivity index (χ2v) is 0. The Morgan fingerprint density at radius 1 is 0.500 bits per heavy atom. The Kier molecular flexibility index (Phi) is 118. The van der Waals surface area contributed by atoms with E-state index in [1.807, 2.05) is 0 Å². The minimum absolute atomic E-state index is 0. The first-order valence-corrected chi connectivity index (χ1v) is 0. The molecule has 0 nitrogen and oxygen atoms in total. The predicted molar refractivity (Wildman–Crippen MR) is 31.0 cm³/mol. The quantitative estimate of drug-likeness (QED) is 0.565. The van der Waals surface area contributed by atoms with E-state index in [2.05, 4.69) is 0 Å². The summed E-state index contributed by atoms with van der Waals surface area (Å²) in [6.07, 6.45) is 0. The molecule has 0 saturated carbocycles. The van der Waals surface area contributed by atoms with Crippen molar-refractivity contribution in [3.05, 3.63) is 0 Å². The Morgan fingerprint density at radius 3 is 0.500 bits per heavy atom. The van der Waals surface area contributed by atoms with Gasteiger partial charge < -0.3 is 0 Å². The molecule has 0 unspecified atom stereocenters. The summed E-state index contributed by atoms with van der Waals surface area (Å²) in [6, 6.07) is 0. The normalized spacial score (nSPS) is 0. The molecule has 4 heavy (non-hydrogen) atoms. The van der Waals surface area contributed by atoms with E-state index in [1.165, 1.54) is 0 Å². The molecule has 0 rings (SSSR count). The zero-order valence-corrected chi connectivity index (χ0v) is 8.35. The fourth-order valence-electron chi connectivity index (χ4n) is 0. The zero-order chi connectivity index (χ0) is 0. The molecule has 0 spiro atoms. The fraction of sp³-hybridized carbons (Fsp3) is 0. The van der Waals surface area contributed by atoms with Crippen LogP contribution in [0.25, 0.3) is 0 Å². The third kappa shape index (κ3) is 8.88. The van der Waals surface area contributed by atoms with Crippen LogP contribution in [0.15, 0.2) is 0 Å². The van der Waals surface area contributed by atoms with E-state index in [4.69, 9.17) is 0 Å². The molecule has 0 N–H and O–H groups in total. The molecular formula is H3Br3Yb. The molecule has 0 aliphatic carbocycles. The predicted octanol–water partition coefficient (Wildman–Crippen LogP) is 1.73. The van der Waals surface area contributed by atoms with Crippen LogP contribution in [0.4, 0.5) is 0 Å². The van der Waals surface area contributed by atoms with Crippen molar-refractivity contribution in [1.82, 2.24) is 0 Å². The first-order chi connectivity index (χ1) is 0. The number of rotatable bonds is 0. The van der Waals surface area contributed by atoms with Crippen molar-refractivity contribution in [2.75, 3.05) is 0 Å². The Bertz CT molecular complexity index is 3.25. The van der Waals surface area contributed by atoms with Crippen molar-refractivity contribution in [3.63, 3.8) is 0 Å². The Balaban J connectivity index is 0. The SMILES string of the molecule is Br.Br.Br.[Yb]. The monoisotopic (exact) mass is 414 g/mol. The molecule has 0 aromatic heterocycles. The van der Waals surface area contributed by atoms with Crippen molar-refractivity contribution < 1.29 is 46.9 Å². The van der Waals surface area contributed by atoms with Gasteiger partial charge in [-0.25, -0.2) is 0 Å². The van der Waals surface area contributed by atoms with E-state index in [0.717, 1.165) is 0 Å². The molecule has 38 valence electrons. The largest absolute Gasteiger partial charge is 0.114 e. The van der Waals surface area contributed by atoms with Crippen LogP contribution in [0, 0.1) is 46.9 Å². The molecule has 0 aromatic carbocycles. The topological polar surface area (TPSA) is 0 Å². The molecule has 0 heterocycles. The van der Waals surface area contributed by atoms with Crippen LogP contribution in [-0.4, -0.2) is 0 Å². The molecule has 0 saturated heterocycles. The van der Waals surface area contributed by atoms with Gasteiger partial charge in [-0.2, -0.15) is 0 Å². The van der Waals surface area contributed by atoms with Crippen molar-refractivity contribution in [2.45, 2.75) is 0 Å². The van der Waals surface area contributed by atoms with Crippen molar-refractivity contribution >= 4 is 50.9 Å². The Hall–Kier alpha value is 2.96. The molecule has 0 aliphatic rings. The summed E-state index contributed by atoms with van der Waals surface area (Å²) in [4.78, 5) is 0. The second kappa shape index (κ2) is 16.7. The van der Waals surface area contributed by atoms with Gasteiger partial charge in [-0.05, 0) is 0 Å². The molecule has 0 bridgehead atoms. The number of hydrogen-bond donors (Lipinski definition) is 0. The Labute approximate surface area is 95.6 Å². The van der Waals surface area contributed by atoms with Gasteiger partial charge in [0.15, 0.2) is 0 Å². The number of hydrogen-bond acceptors (Lipinski definition) is 0. The van der Waals surface area contributed by atoms with Crippen LogP contribution < -0.4 is 0 Å². The molecule has 0 radical (unpaired) electrons. The molecule has 0 aromatic rings. The molecule has 0 aliphatic heterocycles. The fourth-order valence-corrected chi connectivity index (χ4v) is 0. The van der Waals surface area contributed by atoms with Gasteiger partial charge in [0.1, 0.15) is 0 Å². The summed E-state index contributed by atoms with van der Waals surface area (Å²) in [5.41, 5.74) is 0. The minimum atomic E-state index is 0. The molecule has 0 fully saturated rings. The van der Waals surface area contributed by atoms with Crippen LogP contribution in [0.5, 0.6) is 0 Å². The van der Waals surface area contributed by atoms with Crippen molar-refractivity contribution in [1.29, 1.82) is 0 Å². The van der Waals surface area contributed by atoms with Crippen LogP contribution in [-0.2, 0) is 0 Å². The van der Waals surface area contributed by atoms with Gasteiger partial charge >= 0.3 is 0 Å². The smallest absolute Gasteiger partial charge is 0 e. The summed E-state index contributed by atoms with van der Waals surface area (Å²) in [7, 11) is 0. The molecular weight excluding hydrogens is 413 g/mol. The molecule has 4 heteroatoms. The molecule has 0 amide bonds. The first-order valence-electron chi connectivity index (χ1n) is 0. The van der Waals surface area contributed by atoms with Crippen molar-refractivity contribution in [3.8, 4) is 0 Å². The van der Waals surface area contributed by atoms with Crippen LogP contribution in [0.2, 0.25) is 0 Å². The standard InChI is InChI=1S/3BrH.Yb/h3*1H;. The minimum Gasteiger partial charge on any atom is -0.114 e. The van der Waals surface area contributed by atoms with Gasteiger partial charge in [0.05, 0.1) is 0 Å². The van der Waals surface area contributed by atoms with E-state index in [-0.39, 0.29) is 97.9 Å². The first kappa shape index (κ1) is 28.2. The van der Waals surface area contributed by atoms with E-state index < -0.39 is 0 Å². The average Bonchev–Trinajstić information content (AvgIpc) is 0. The zero-order valence-electron chi connectivity index (χ0n) is 1.49. The third-order valence-electron chi connectivity index (χ3n) is 0. The van der Waals surface area contributed by atoms with Gasteiger partial charge in [-0.15, -0.1) is 50.9 Å². The van der Waals surface area contributed by atoms with Crippen LogP contribution >= 0.6 is 50.9 Å². The number of halogens is 3. The van der Waals surface area contributed by atoms with Gasteiger partial charge in [-0.1, -0.05) is 0 Å². The summed E-state index contributed by atoms with van der Waals surface area (Å²) in [5, 5.41) is 0. The third-order valence-corrected chi connectivity index (χ3v) is 0. The van der Waals surface area contributed by atoms with E-state index in [1.54, 1.807) is 0 Å². The van der Waals surface area contributed by atoms with Gasteiger partial charge in [0, 0.05) is 46.9 Å². The van der Waals surface area contributed by atoms with Crippen molar-refractivity contribution in [2.24, 2.45) is 0 Å². The summed E-state index contributed by atoms with van der Waals surface area (Å²) < 4.78 is 0. The maximum Gasteiger partial charge on any atom is 0 e. The van der Waals surface area contributed by atoms with E-state index in [0.29, 0.717) is 0 Å². The van der Waals surface area contributed by atoms with E-state index >= 15 is 0 Å². The summed E-state index contributed by atoms with van der Waals surface area (Å²) >= 11 is 0. The average molecular weight is 416 g/mol. The Morgan fingerprint density at radius 2 is 0.500 bits per heavy atom. The summed E-state index contributed by atoms with van der Waals surface area (Å²) in [5.74, 6) is 0. The van der Waals surface area contributed by atoms with Gasteiger partial charge in [-0.3, -0.25) is 0 Å². The maximum absolute atomic E-state index is 0. The van der Waals surface area contributed by atoms with E-state index in [9.17, 15) is 0 Å². The second-order valence-electron chi connectivity index (χ2n) is 0.